The quantitative estimate of drug-likeness (QED) is 0.853. The molecule has 4 nitrogen and oxygen atoms in total. The summed E-state index contributed by atoms with van der Waals surface area (Å²) >= 11 is 0. The van der Waals surface area contributed by atoms with Crippen molar-refractivity contribution in [1.29, 1.82) is 0 Å². The number of carbonyl (C=O) groups is 1. The van der Waals surface area contributed by atoms with E-state index in [1.54, 1.807) is 18.5 Å². The van der Waals surface area contributed by atoms with Crippen molar-refractivity contribution < 1.29 is 14.3 Å². The summed E-state index contributed by atoms with van der Waals surface area (Å²) in [5.74, 6) is 0.578. The molecule has 0 atom stereocenters. The number of hydrogen-bond acceptors (Lipinski definition) is 3. The van der Waals surface area contributed by atoms with Crippen molar-refractivity contribution in [3.63, 3.8) is 0 Å². The standard InChI is InChI=1S/C12H11NO3/c14-12(15)6-4-10-3-5-11(16-10)9-2-1-7-13-8-9/h1-3,5,7-8H,4,6H2,(H,14,15). The lowest BCUT2D eigenvalue weighted by atomic mass is 10.2. The van der Waals surface area contributed by atoms with Gasteiger partial charge in [-0.1, -0.05) is 0 Å². The first-order valence-corrected chi connectivity index (χ1v) is 4.96. The van der Waals surface area contributed by atoms with Crippen LogP contribution in [0.1, 0.15) is 12.2 Å². The predicted octanol–water partition coefficient (Wildman–Crippen LogP) is 2.36. The van der Waals surface area contributed by atoms with Gasteiger partial charge in [-0.05, 0) is 24.3 Å². The first-order chi connectivity index (χ1) is 7.75. The number of nitrogens with zero attached hydrogens (tertiary/aromatic N) is 1. The summed E-state index contributed by atoms with van der Waals surface area (Å²) in [7, 11) is 0. The van der Waals surface area contributed by atoms with Crippen LogP contribution in [0.4, 0.5) is 0 Å². The maximum absolute atomic E-state index is 10.4. The minimum absolute atomic E-state index is 0.0833. The molecule has 0 aliphatic carbocycles. The maximum Gasteiger partial charge on any atom is 0.303 e. The summed E-state index contributed by atoms with van der Waals surface area (Å²) in [4.78, 5) is 14.4. The van der Waals surface area contributed by atoms with Crippen molar-refractivity contribution in [1.82, 2.24) is 4.98 Å². The first kappa shape index (κ1) is 10.4. The normalized spacial score (nSPS) is 10.2. The SMILES string of the molecule is O=C(O)CCc1ccc(-c2cccnc2)o1. The minimum Gasteiger partial charge on any atom is -0.481 e. The van der Waals surface area contributed by atoms with E-state index in [2.05, 4.69) is 4.98 Å². The van der Waals surface area contributed by atoms with E-state index in [4.69, 9.17) is 9.52 Å². The number of rotatable bonds is 4. The van der Waals surface area contributed by atoms with Crippen molar-refractivity contribution in [3.05, 3.63) is 42.4 Å². The van der Waals surface area contributed by atoms with Crippen molar-refractivity contribution in [2.45, 2.75) is 12.8 Å². The number of carboxylic acid groups (broad SMARTS) is 1. The van der Waals surface area contributed by atoms with E-state index in [-0.39, 0.29) is 6.42 Å². The van der Waals surface area contributed by atoms with Crippen LogP contribution in [0.5, 0.6) is 0 Å². The Morgan fingerprint density at radius 1 is 1.38 bits per heavy atom. The number of aromatic nitrogens is 1. The van der Waals surface area contributed by atoms with E-state index < -0.39 is 5.97 Å². The lowest BCUT2D eigenvalue weighted by Gasteiger charge is -1.95. The van der Waals surface area contributed by atoms with E-state index in [9.17, 15) is 4.79 Å². The average Bonchev–Trinajstić information content (AvgIpc) is 2.76. The smallest absolute Gasteiger partial charge is 0.303 e. The van der Waals surface area contributed by atoms with Crippen LogP contribution < -0.4 is 0 Å². The molecule has 2 heterocycles. The van der Waals surface area contributed by atoms with Gasteiger partial charge in [0.25, 0.3) is 0 Å². The number of aliphatic carboxylic acids is 1. The van der Waals surface area contributed by atoms with E-state index in [0.717, 1.165) is 5.56 Å². The van der Waals surface area contributed by atoms with E-state index in [1.807, 2.05) is 18.2 Å². The number of hydrogen-bond donors (Lipinski definition) is 1. The Kier molecular flexibility index (Phi) is 3.00. The molecule has 2 aromatic heterocycles. The van der Waals surface area contributed by atoms with Gasteiger partial charge in [0.1, 0.15) is 11.5 Å². The molecule has 0 saturated carbocycles. The minimum atomic E-state index is -0.820. The Morgan fingerprint density at radius 2 is 2.25 bits per heavy atom. The molecule has 2 aromatic rings. The van der Waals surface area contributed by atoms with Gasteiger partial charge < -0.3 is 9.52 Å². The Morgan fingerprint density at radius 3 is 2.94 bits per heavy atom. The zero-order chi connectivity index (χ0) is 11.4. The Balaban J connectivity index is 2.11. The topological polar surface area (TPSA) is 63.3 Å². The molecule has 16 heavy (non-hydrogen) atoms. The van der Waals surface area contributed by atoms with Crippen LogP contribution in [0.25, 0.3) is 11.3 Å². The van der Waals surface area contributed by atoms with Gasteiger partial charge in [0.2, 0.25) is 0 Å². The van der Waals surface area contributed by atoms with Crippen LogP contribution in [-0.2, 0) is 11.2 Å². The molecule has 0 fully saturated rings. The van der Waals surface area contributed by atoms with Crippen molar-refractivity contribution in [3.8, 4) is 11.3 Å². The van der Waals surface area contributed by atoms with Gasteiger partial charge in [-0.25, -0.2) is 0 Å². The fraction of sp³-hybridized carbons (Fsp3) is 0.167. The van der Waals surface area contributed by atoms with Gasteiger partial charge in [0.05, 0.1) is 6.42 Å². The molecule has 82 valence electrons. The molecule has 0 spiro atoms. The molecule has 2 rings (SSSR count). The molecule has 0 bridgehead atoms. The van der Waals surface area contributed by atoms with Crippen molar-refractivity contribution in [2.24, 2.45) is 0 Å². The highest BCUT2D eigenvalue weighted by Gasteiger charge is 2.06. The van der Waals surface area contributed by atoms with Crippen LogP contribution in [0.3, 0.4) is 0 Å². The molecule has 0 unspecified atom stereocenters. The summed E-state index contributed by atoms with van der Waals surface area (Å²) < 4.78 is 5.52. The highest BCUT2D eigenvalue weighted by Crippen LogP contribution is 2.21. The maximum atomic E-state index is 10.4. The van der Waals surface area contributed by atoms with E-state index in [0.29, 0.717) is 17.9 Å². The summed E-state index contributed by atoms with van der Waals surface area (Å²) in [6.45, 7) is 0. The van der Waals surface area contributed by atoms with E-state index >= 15 is 0 Å². The second-order valence-corrected chi connectivity index (χ2v) is 3.40. The molecular formula is C12H11NO3. The van der Waals surface area contributed by atoms with Crippen LogP contribution in [-0.4, -0.2) is 16.1 Å². The molecular weight excluding hydrogens is 206 g/mol. The summed E-state index contributed by atoms with van der Waals surface area (Å²) in [5, 5.41) is 8.55. The van der Waals surface area contributed by atoms with Crippen LogP contribution in [0, 0.1) is 0 Å². The van der Waals surface area contributed by atoms with Gasteiger partial charge in [-0.3, -0.25) is 9.78 Å². The van der Waals surface area contributed by atoms with Gasteiger partial charge in [-0.15, -0.1) is 0 Å². The molecule has 0 aromatic carbocycles. The molecule has 0 saturated heterocycles. The van der Waals surface area contributed by atoms with Crippen LogP contribution >= 0.6 is 0 Å². The van der Waals surface area contributed by atoms with Gasteiger partial charge in [-0.2, -0.15) is 0 Å². The zero-order valence-corrected chi connectivity index (χ0v) is 8.59. The number of pyridine rings is 1. The number of carboxylic acids is 1. The Hall–Kier alpha value is -2.10. The molecule has 0 radical (unpaired) electrons. The van der Waals surface area contributed by atoms with Crippen molar-refractivity contribution >= 4 is 5.97 Å². The fourth-order valence-corrected chi connectivity index (χ4v) is 1.41. The lowest BCUT2D eigenvalue weighted by molar-refractivity contribution is -0.137. The molecule has 0 amide bonds. The monoisotopic (exact) mass is 217 g/mol. The molecule has 0 aliphatic rings. The van der Waals surface area contributed by atoms with Crippen LogP contribution in [0.2, 0.25) is 0 Å². The molecule has 1 N–H and O–H groups in total. The second-order valence-electron chi connectivity index (χ2n) is 3.40. The second kappa shape index (κ2) is 4.61. The summed E-state index contributed by atoms with van der Waals surface area (Å²) in [6.07, 6.45) is 3.90. The lowest BCUT2D eigenvalue weighted by Crippen LogP contribution is -1.96. The third-order valence-corrected chi connectivity index (χ3v) is 2.19. The Labute approximate surface area is 92.6 Å². The fourth-order valence-electron chi connectivity index (χ4n) is 1.41. The van der Waals surface area contributed by atoms with Gasteiger partial charge in [0.15, 0.2) is 0 Å². The zero-order valence-electron chi connectivity index (χ0n) is 8.59. The largest absolute Gasteiger partial charge is 0.481 e. The first-order valence-electron chi connectivity index (χ1n) is 4.96. The molecule has 4 heteroatoms. The third-order valence-electron chi connectivity index (χ3n) is 2.19. The predicted molar refractivity (Wildman–Crippen MR) is 57.9 cm³/mol. The highest BCUT2D eigenvalue weighted by molar-refractivity contribution is 5.67. The highest BCUT2D eigenvalue weighted by atomic mass is 16.4. The van der Waals surface area contributed by atoms with Gasteiger partial charge >= 0.3 is 5.97 Å². The summed E-state index contributed by atoms with van der Waals surface area (Å²) in [5.41, 5.74) is 0.893. The Bertz CT molecular complexity index is 476. The number of furan rings is 1. The van der Waals surface area contributed by atoms with Crippen LogP contribution in [0.15, 0.2) is 41.1 Å². The number of aryl methyl sites for hydroxylation is 1. The van der Waals surface area contributed by atoms with Gasteiger partial charge in [0, 0.05) is 24.4 Å². The molecule has 0 aliphatic heterocycles. The average molecular weight is 217 g/mol. The third kappa shape index (κ3) is 2.48. The van der Waals surface area contributed by atoms with Crippen molar-refractivity contribution in [2.75, 3.05) is 0 Å². The summed E-state index contributed by atoms with van der Waals surface area (Å²) in [6, 6.07) is 7.35. The van der Waals surface area contributed by atoms with E-state index in [1.165, 1.54) is 0 Å².